The molecule has 0 bridgehead atoms. The normalized spacial score (nSPS) is 27.6. The standard InChI is InChI=1S/C16H28N2O/c1-3-10-16(11-7-12-17-16)15(19)18(13-4-2)14-8-5-6-9-14/h4,14,17H,2-3,5-13H2,1H3. The van der Waals surface area contributed by atoms with Crippen molar-refractivity contribution >= 4 is 5.91 Å². The minimum atomic E-state index is -0.277. The van der Waals surface area contributed by atoms with Gasteiger partial charge in [0.15, 0.2) is 0 Å². The third-order valence-corrected chi connectivity index (χ3v) is 4.68. The molecular weight excluding hydrogens is 236 g/mol. The molecule has 3 heteroatoms. The van der Waals surface area contributed by atoms with Crippen molar-refractivity contribution in [3.63, 3.8) is 0 Å². The van der Waals surface area contributed by atoms with Crippen molar-refractivity contribution in [1.82, 2.24) is 10.2 Å². The van der Waals surface area contributed by atoms with Crippen molar-refractivity contribution in [2.75, 3.05) is 13.1 Å². The average molecular weight is 264 g/mol. The maximum atomic E-state index is 13.0. The molecule has 0 aromatic rings. The molecular formula is C16H28N2O. The summed E-state index contributed by atoms with van der Waals surface area (Å²) in [5, 5.41) is 3.51. The fourth-order valence-corrected chi connectivity index (χ4v) is 3.76. The molecule has 1 N–H and O–H groups in total. The molecule has 1 saturated heterocycles. The number of hydrogen-bond donors (Lipinski definition) is 1. The predicted molar refractivity (Wildman–Crippen MR) is 79.0 cm³/mol. The van der Waals surface area contributed by atoms with Gasteiger partial charge in [-0.1, -0.05) is 32.3 Å². The summed E-state index contributed by atoms with van der Waals surface area (Å²) in [5.41, 5.74) is -0.277. The lowest BCUT2D eigenvalue weighted by atomic mass is 9.89. The zero-order valence-corrected chi connectivity index (χ0v) is 12.3. The number of nitrogens with one attached hydrogen (secondary N) is 1. The minimum Gasteiger partial charge on any atom is -0.334 e. The number of amides is 1. The van der Waals surface area contributed by atoms with E-state index in [1.807, 2.05) is 6.08 Å². The SMILES string of the molecule is C=CCN(C(=O)C1(CCC)CCCN1)C1CCCC1. The van der Waals surface area contributed by atoms with Gasteiger partial charge in [-0.3, -0.25) is 4.79 Å². The van der Waals surface area contributed by atoms with Crippen LogP contribution < -0.4 is 5.32 Å². The lowest BCUT2D eigenvalue weighted by molar-refractivity contribution is -0.140. The van der Waals surface area contributed by atoms with E-state index in [0.29, 0.717) is 18.5 Å². The second-order valence-electron chi connectivity index (χ2n) is 6.05. The number of rotatable bonds is 6. The molecule has 0 spiro atoms. The van der Waals surface area contributed by atoms with E-state index >= 15 is 0 Å². The van der Waals surface area contributed by atoms with Crippen molar-refractivity contribution < 1.29 is 4.79 Å². The molecule has 1 atom stereocenters. The second kappa shape index (κ2) is 6.56. The highest BCUT2D eigenvalue weighted by Gasteiger charge is 2.44. The molecule has 1 aliphatic heterocycles. The Bertz CT molecular complexity index is 315. The number of carbonyl (C=O) groups is 1. The van der Waals surface area contributed by atoms with Crippen LogP contribution in [-0.4, -0.2) is 35.5 Å². The van der Waals surface area contributed by atoms with Crippen LogP contribution in [0, 0.1) is 0 Å². The van der Waals surface area contributed by atoms with Crippen molar-refractivity contribution in [3.05, 3.63) is 12.7 Å². The first-order valence-electron chi connectivity index (χ1n) is 7.90. The van der Waals surface area contributed by atoms with Gasteiger partial charge in [0.1, 0.15) is 0 Å². The fraction of sp³-hybridized carbons (Fsp3) is 0.812. The zero-order valence-electron chi connectivity index (χ0n) is 12.3. The maximum absolute atomic E-state index is 13.0. The summed E-state index contributed by atoms with van der Waals surface area (Å²) in [4.78, 5) is 15.2. The molecule has 19 heavy (non-hydrogen) atoms. The van der Waals surface area contributed by atoms with Gasteiger partial charge in [-0.25, -0.2) is 0 Å². The van der Waals surface area contributed by atoms with Gasteiger partial charge in [-0.15, -0.1) is 6.58 Å². The van der Waals surface area contributed by atoms with E-state index in [1.54, 1.807) is 0 Å². The number of hydrogen-bond acceptors (Lipinski definition) is 2. The summed E-state index contributed by atoms with van der Waals surface area (Å²) < 4.78 is 0. The van der Waals surface area contributed by atoms with Crippen LogP contribution in [0.15, 0.2) is 12.7 Å². The highest BCUT2D eigenvalue weighted by Crippen LogP contribution is 2.31. The van der Waals surface area contributed by atoms with Gasteiger partial charge < -0.3 is 10.2 Å². The molecule has 0 aromatic carbocycles. The molecule has 0 radical (unpaired) electrons. The van der Waals surface area contributed by atoms with Gasteiger partial charge in [0, 0.05) is 12.6 Å². The van der Waals surface area contributed by atoms with Crippen LogP contribution in [0.5, 0.6) is 0 Å². The van der Waals surface area contributed by atoms with Crippen LogP contribution in [0.1, 0.15) is 58.3 Å². The van der Waals surface area contributed by atoms with E-state index < -0.39 is 0 Å². The Balaban J connectivity index is 2.14. The minimum absolute atomic E-state index is 0.277. The second-order valence-corrected chi connectivity index (χ2v) is 6.05. The highest BCUT2D eigenvalue weighted by molar-refractivity contribution is 5.87. The first kappa shape index (κ1) is 14.6. The Hall–Kier alpha value is -0.830. The first-order valence-corrected chi connectivity index (χ1v) is 7.90. The third kappa shape index (κ3) is 3.02. The van der Waals surface area contributed by atoms with Crippen LogP contribution in [0.3, 0.4) is 0 Å². The molecule has 0 aromatic heterocycles. The Morgan fingerprint density at radius 3 is 2.68 bits per heavy atom. The predicted octanol–water partition coefficient (Wildman–Crippen LogP) is 2.87. The molecule has 3 nitrogen and oxygen atoms in total. The monoisotopic (exact) mass is 264 g/mol. The zero-order chi connectivity index (χ0) is 13.7. The summed E-state index contributed by atoms with van der Waals surface area (Å²) in [5.74, 6) is 0.332. The molecule has 2 fully saturated rings. The van der Waals surface area contributed by atoms with Gasteiger partial charge in [0.25, 0.3) is 0 Å². The maximum Gasteiger partial charge on any atom is 0.243 e. The Morgan fingerprint density at radius 2 is 2.16 bits per heavy atom. The van der Waals surface area contributed by atoms with Crippen molar-refractivity contribution in [2.24, 2.45) is 0 Å². The van der Waals surface area contributed by atoms with E-state index in [9.17, 15) is 4.79 Å². The lowest BCUT2D eigenvalue weighted by Crippen LogP contribution is -2.57. The van der Waals surface area contributed by atoms with Crippen LogP contribution >= 0.6 is 0 Å². The van der Waals surface area contributed by atoms with Gasteiger partial charge in [-0.05, 0) is 38.6 Å². The van der Waals surface area contributed by atoms with E-state index in [-0.39, 0.29) is 5.54 Å². The van der Waals surface area contributed by atoms with Gasteiger partial charge in [-0.2, -0.15) is 0 Å². The van der Waals surface area contributed by atoms with Crippen LogP contribution in [0.4, 0.5) is 0 Å². The molecule has 1 saturated carbocycles. The molecule has 1 aliphatic carbocycles. The summed E-state index contributed by atoms with van der Waals surface area (Å²) >= 11 is 0. The van der Waals surface area contributed by atoms with Gasteiger partial charge in [0.05, 0.1) is 5.54 Å². The lowest BCUT2D eigenvalue weighted by Gasteiger charge is -2.37. The highest BCUT2D eigenvalue weighted by atomic mass is 16.2. The van der Waals surface area contributed by atoms with Gasteiger partial charge >= 0.3 is 0 Å². The number of carbonyl (C=O) groups excluding carboxylic acids is 1. The summed E-state index contributed by atoms with van der Waals surface area (Å²) in [6.07, 6.45) is 10.9. The van der Waals surface area contributed by atoms with Crippen LogP contribution in [0.2, 0.25) is 0 Å². The van der Waals surface area contributed by atoms with Crippen molar-refractivity contribution in [1.29, 1.82) is 0 Å². The average Bonchev–Trinajstić information content (AvgIpc) is 3.07. The quantitative estimate of drug-likeness (QED) is 0.748. The Morgan fingerprint density at radius 1 is 1.42 bits per heavy atom. The molecule has 1 amide bonds. The fourth-order valence-electron chi connectivity index (χ4n) is 3.76. The summed E-state index contributed by atoms with van der Waals surface area (Å²) in [6.45, 7) is 7.69. The van der Waals surface area contributed by atoms with Gasteiger partial charge in [0.2, 0.25) is 5.91 Å². The topological polar surface area (TPSA) is 32.3 Å². The summed E-state index contributed by atoms with van der Waals surface area (Å²) in [6, 6.07) is 0.446. The summed E-state index contributed by atoms with van der Waals surface area (Å²) in [7, 11) is 0. The van der Waals surface area contributed by atoms with E-state index in [0.717, 1.165) is 32.2 Å². The van der Waals surface area contributed by atoms with Crippen molar-refractivity contribution in [2.45, 2.75) is 69.9 Å². The molecule has 2 aliphatic rings. The Labute approximate surface area is 117 Å². The van der Waals surface area contributed by atoms with Crippen molar-refractivity contribution in [3.8, 4) is 0 Å². The molecule has 1 heterocycles. The van der Waals surface area contributed by atoms with E-state index in [1.165, 1.54) is 25.7 Å². The molecule has 1 unspecified atom stereocenters. The molecule has 108 valence electrons. The van der Waals surface area contributed by atoms with E-state index in [4.69, 9.17) is 0 Å². The van der Waals surface area contributed by atoms with Crippen LogP contribution in [0.25, 0.3) is 0 Å². The molecule has 2 rings (SSSR count). The first-order chi connectivity index (χ1) is 9.23. The third-order valence-electron chi connectivity index (χ3n) is 4.68. The number of nitrogens with zero attached hydrogens (tertiary/aromatic N) is 1. The van der Waals surface area contributed by atoms with Crippen LogP contribution in [-0.2, 0) is 4.79 Å². The van der Waals surface area contributed by atoms with E-state index in [2.05, 4.69) is 23.7 Å². The largest absolute Gasteiger partial charge is 0.334 e. The Kier molecular flexibility index (Phi) is 5.03. The smallest absolute Gasteiger partial charge is 0.243 e.